The van der Waals surface area contributed by atoms with Crippen LogP contribution in [-0.4, -0.2) is 24.5 Å². The largest absolute Gasteiger partial charge is 1.00 e. The van der Waals surface area contributed by atoms with Gasteiger partial charge in [-0.1, -0.05) is 0 Å². The summed E-state index contributed by atoms with van der Waals surface area (Å²) in [6, 6.07) is 5.61. The molecule has 126 valence electrons. The molecule has 0 fully saturated rings. The number of benzene rings is 1. The third kappa shape index (κ3) is 5.71. The summed E-state index contributed by atoms with van der Waals surface area (Å²) in [6.45, 7) is 0. The number of nitro groups is 1. The number of nitro benzene ring substituents is 1. The molecule has 0 saturated carbocycles. The van der Waals surface area contributed by atoms with Crippen LogP contribution < -0.4 is 38.8 Å². The molecule has 1 aromatic carbocycles. The van der Waals surface area contributed by atoms with Crippen LogP contribution in [0, 0.1) is 10.1 Å². The number of non-ortho nitro benzene ring substituents is 1. The normalized spacial score (nSPS) is 13.5. The molecular formula is C11H12N2NaO8PS. The summed E-state index contributed by atoms with van der Waals surface area (Å²) in [7, 11) is -8.35. The van der Waals surface area contributed by atoms with E-state index in [9.17, 15) is 28.0 Å². The van der Waals surface area contributed by atoms with E-state index in [2.05, 4.69) is 4.42 Å². The quantitative estimate of drug-likeness (QED) is 0.261. The van der Waals surface area contributed by atoms with E-state index in [4.69, 9.17) is 4.52 Å². The van der Waals surface area contributed by atoms with Gasteiger partial charge in [-0.3, -0.25) is 10.1 Å². The summed E-state index contributed by atoms with van der Waals surface area (Å²) in [5.41, 5.74) is -0.217. The van der Waals surface area contributed by atoms with Crippen LogP contribution in [0.25, 0.3) is 0 Å². The maximum atomic E-state index is 11.9. The Hall–Kier alpha value is -1.20. The molecule has 24 heavy (non-hydrogen) atoms. The van der Waals surface area contributed by atoms with Crippen molar-refractivity contribution >= 4 is 23.3 Å². The molecule has 0 saturated heterocycles. The number of furan rings is 1. The van der Waals surface area contributed by atoms with Gasteiger partial charge >= 0.3 is 37.2 Å². The topological polar surface area (TPSA) is 149 Å². The first-order valence-electron chi connectivity index (χ1n) is 5.97. The number of hydrogen-bond acceptors (Lipinski definition) is 7. The second kappa shape index (κ2) is 8.26. The van der Waals surface area contributed by atoms with Crippen LogP contribution in [0.4, 0.5) is 5.69 Å². The first-order chi connectivity index (χ1) is 10.7. The molecule has 2 aromatic rings. The van der Waals surface area contributed by atoms with Crippen molar-refractivity contribution in [3.05, 3.63) is 53.0 Å². The zero-order valence-electron chi connectivity index (χ0n) is 13.4. The summed E-state index contributed by atoms with van der Waals surface area (Å²) >= 11 is 0. The molecule has 0 radical (unpaired) electrons. The van der Waals surface area contributed by atoms with Gasteiger partial charge in [0, 0.05) is 12.1 Å². The molecule has 0 aliphatic rings. The Morgan fingerprint density at radius 3 is 2.46 bits per heavy atom. The summed E-state index contributed by atoms with van der Waals surface area (Å²) in [5, 5.41) is 10.5. The molecule has 10 nitrogen and oxygen atoms in total. The van der Waals surface area contributed by atoms with E-state index in [0.29, 0.717) is 0 Å². The van der Waals surface area contributed by atoms with Gasteiger partial charge in [-0.05, 0) is 18.2 Å². The molecule has 13 heteroatoms. The smallest absolute Gasteiger partial charge is 1.00 e. The van der Waals surface area contributed by atoms with Gasteiger partial charge in [0.05, 0.1) is 11.2 Å². The zero-order chi connectivity index (χ0) is 17.1. The molecule has 1 unspecified atom stereocenters. The Morgan fingerprint density at radius 2 is 1.96 bits per heavy atom. The predicted octanol–water partition coefficient (Wildman–Crippen LogP) is -1.20. The van der Waals surface area contributed by atoms with Crippen LogP contribution in [0.1, 0.15) is 1.43 Å². The van der Waals surface area contributed by atoms with Crippen molar-refractivity contribution in [3.8, 4) is 5.75 Å². The second-order valence-corrected chi connectivity index (χ2v) is 7.79. The summed E-state index contributed by atoms with van der Waals surface area (Å²) in [6.07, 6.45) is 1.22. The molecule has 0 bridgehead atoms. The zero-order valence-corrected chi connectivity index (χ0v) is 16.1. The van der Waals surface area contributed by atoms with E-state index in [1.165, 1.54) is 6.07 Å². The molecule has 1 aromatic heterocycles. The Balaban J connectivity index is 0.00000288. The standard InChI is InChI=1S/C11H11N2O8PS.Na.H/c14-13(15)9-1-3-10(4-2-9)21-22(16,17)8-12-23(18,19)11-5-6-20-7-11;;/h1-7,12H,8H2,(H,16,17);;/q;+1;-1. The van der Waals surface area contributed by atoms with Crippen LogP contribution in [-0.2, 0) is 14.6 Å². The van der Waals surface area contributed by atoms with Crippen molar-refractivity contribution in [2.24, 2.45) is 0 Å². The van der Waals surface area contributed by atoms with Crippen molar-refractivity contribution < 1.29 is 62.7 Å². The van der Waals surface area contributed by atoms with Crippen LogP contribution in [0.5, 0.6) is 5.75 Å². The summed E-state index contributed by atoms with van der Waals surface area (Å²) in [5.74, 6) is -0.107. The van der Waals surface area contributed by atoms with E-state index >= 15 is 0 Å². The van der Waals surface area contributed by atoms with Crippen LogP contribution >= 0.6 is 7.60 Å². The maximum absolute atomic E-state index is 11.9. The number of sulfonamides is 1. The third-order valence-electron chi connectivity index (χ3n) is 2.56. The molecule has 2 rings (SSSR count). The molecule has 0 amide bonds. The molecule has 0 spiro atoms. The molecule has 1 atom stereocenters. The Kier molecular flexibility index (Phi) is 7.17. The fourth-order valence-electron chi connectivity index (χ4n) is 1.48. The number of hydrogen-bond donors (Lipinski definition) is 2. The van der Waals surface area contributed by atoms with Crippen molar-refractivity contribution in [1.29, 1.82) is 0 Å². The van der Waals surface area contributed by atoms with Gasteiger partial charge in [0.2, 0.25) is 10.0 Å². The van der Waals surface area contributed by atoms with Gasteiger partial charge in [0.1, 0.15) is 23.2 Å². The minimum Gasteiger partial charge on any atom is -1.00 e. The van der Waals surface area contributed by atoms with Crippen LogP contribution in [0.2, 0.25) is 0 Å². The number of nitrogens with one attached hydrogen (secondary N) is 1. The van der Waals surface area contributed by atoms with Crippen LogP contribution in [0.15, 0.2) is 52.2 Å². The molecule has 2 N–H and O–H groups in total. The Bertz CT molecular complexity index is 843. The number of nitrogens with zero attached hydrogens (tertiary/aromatic N) is 1. The first kappa shape index (κ1) is 20.8. The monoisotopic (exact) mass is 386 g/mol. The van der Waals surface area contributed by atoms with E-state index in [1.807, 2.05) is 4.72 Å². The van der Waals surface area contributed by atoms with Gasteiger partial charge in [-0.2, -0.15) is 4.72 Å². The minimum absolute atomic E-state index is 0. The molecule has 1 heterocycles. The van der Waals surface area contributed by atoms with E-state index < -0.39 is 28.8 Å². The van der Waals surface area contributed by atoms with Gasteiger partial charge in [-0.25, -0.2) is 13.0 Å². The minimum atomic E-state index is -4.34. The van der Waals surface area contributed by atoms with E-state index in [1.54, 1.807) is 0 Å². The van der Waals surface area contributed by atoms with Crippen molar-refractivity contribution in [2.75, 3.05) is 6.29 Å². The average Bonchev–Trinajstić information content (AvgIpc) is 3.01. The molecular weight excluding hydrogens is 374 g/mol. The van der Waals surface area contributed by atoms with Crippen molar-refractivity contribution in [3.63, 3.8) is 0 Å². The fourth-order valence-corrected chi connectivity index (χ4v) is 3.91. The van der Waals surface area contributed by atoms with Gasteiger partial charge in [0.25, 0.3) is 5.69 Å². The molecule has 0 aliphatic carbocycles. The summed E-state index contributed by atoms with van der Waals surface area (Å²) in [4.78, 5) is 19.3. The SMILES string of the molecule is O=[N+]([O-])c1ccc(OP(=O)(O)CNS(=O)(=O)c2ccoc2)cc1.[H-].[Na+]. The van der Waals surface area contributed by atoms with Gasteiger partial charge in [-0.15, -0.1) is 0 Å². The van der Waals surface area contributed by atoms with Crippen LogP contribution in [0.3, 0.4) is 0 Å². The van der Waals surface area contributed by atoms with E-state index in [0.717, 1.165) is 36.8 Å². The fraction of sp³-hybridized carbons (Fsp3) is 0.0909. The van der Waals surface area contributed by atoms with Gasteiger partial charge in [0.15, 0.2) is 0 Å². The summed E-state index contributed by atoms with van der Waals surface area (Å²) < 4.78 is 46.8. The third-order valence-corrected chi connectivity index (χ3v) is 5.20. The maximum Gasteiger partial charge on any atom is 1.00 e. The van der Waals surface area contributed by atoms with Crippen molar-refractivity contribution in [2.45, 2.75) is 4.90 Å². The van der Waals surface area contributed by atoms with E-state index in [-0.39, 0.29) is 47.3 Å². The average molecular weight is 386 g/mol. The predicted molar refractivity (Wildman–Crippen MR) is 78.6 cm³/mol. The first-order valence-corrected chi connectivity index (χ1v) is 9.22. The number of rotatable bonds is 7. The Morgan fingerprint density at radius 1 is 1.33 bits per heavy atom. The Labute approximate surface area is 160 Å². The molecule has 0 aliphatic heterocycles. The van der Waals surface area contributed by atoms with Gasteiger partial charge < -0.3 is 15.3 Å². The van der Waals surface area contributed by atoms with Crippen molar-refractivity contribution in [1.82, 2.24) is 4.72 Å². The second-order valence-electron chi connectivity index (χ2n) is 4.24.